The number of aromatic nitrogens is 2. The van der Waals surface area contributed by atoms with Crippen LogP contribution in [-0.4, -0.2) is 27.4 Å². The maximum Gasteiger partial charge on any atom is 0.117 e. The first-order chi connectivity index (χ1) is 7.31. The number of rotatable bonds is 3. The third-order valence-corrected chi connectivity index (χ3v) is 2.94. The van der Waals surface area contributed by atoms with Crippen molar-refractivity contribution in [1.29, 1.82) is 0 Å². The van der Waals surface area contributed by atoms with Crippen LogP contribution in [0.15, 0.2) is 29.6 Å². The van der Waals surface area contributed by atoms with Crippen LogP contribution in [0.25, 0.3) is 10.9 Å². The molecule has 0 bridgehead atoms. The van der Waals surface area contributed by atoms with E-state index in [1.165, 1.54) is 18.1 Å². The lowest BCUT2D eigenvalue weighted by Gasteiger charge is -2.04. The summed E-state index contributed by atoms with van der Waals surface area (Å²) in [6.07, 6.45) is 1.53. The minimum absolute atomic E-state index is 0.137. The van der Waals surface area contributed by atoms with E-state index in [4.69, 9.17) is 10.8 Å². The van der Waals surface area contributed by atoms with Gasteiger partial charge in [0.05, 0.1) is 12.1 Å². The smallest absolute Gasteiger partial charge is 0.117 e. The topological polar surface area (TPSA) is 72.0 Å². The number of hydrogen-bond donors (Lipinski definition) is 2. The number of nitrogen functional groups attached to an aromatic ring is 1. The van der Waals surface area contributed by atoms with Gasteiger partial charge in [-0.2, -0.15) is 0 Å². The maximum absolute atomic E-state index is 8.77. The summed E-state index contributed by atoms with van der Waals surface area (Å²) in [5.74, 6) is 0.626. The standard InChI is InChI=1S/C10H11N3OS/c11-7-1-2-9-8(5-7)10(13-6-12-9)15-4-3-14/h1-2,5-6,14H,3-4,11H2. The van der Waals surface area contributed by atoms with Gasteiger partial charge in [-0.3, -0.25) is 0 Å². The second kappa shape index (κ2) is 4.46. The van der Waals surface area contributed by atoms with Gasteiger partial charge >= 0.3 is 0 Å². The summed E-state index contributed by atoms with van der Waals surface area (Å²) in [7, 11) is 0. The van der Waals surface area contributed by atoms with Gasteiger partial charge in [-0.05, 0) is 18.2 Å². The number of aliphatic hydroxyl groups is 1. The van der Waals surface area contributed by atoms with E-state index < -0.39 is 0 Å². The van der Waals surface area contributed by atoms with E-state index in [2.05, 4.69) is 9.97 Å². The predicted octanol–water partition coefficient (Wildman–Crippen LogP) is 1.30. The van der Waals surface area contributed by atoms with E-state index in [9.17, 15) is 0 Å². The molecular formula is C10H11N3OS. The van der Waals surface area contributed by atoms with Crippen LogP contribution in [-0.2, 0) is 0 Å². The maximum atomic E-state index is 8.77. The van der Waals surface area contributed by atoms with Crippen molar-refractivity contribution in [2.45, 2.75) is 5.03 Å². The normalized spacial score (nSPS) is 10.7. The van der Waals surface area contributed by atoms with Crippen LogP contribution in [0, 0.1) is 0 Å². The highest BCUT2D eigenvalue weighted by molar-refractivity contribution is 7.99. The zero-order valence-electron chi connectivity index (χ0n) is 8.05. The van der Waals surface area contributed by atoms with Gasteiger partial charge in [0.2, 0.25) is 0 Å². The molecule has 0 radical (unpaired) electrons. The number of fused-ring (bicyclic) bond motifs is 1. The molecule has 78 valence electrons. The van der Waals surface area contributed by atoms with Gasteiger partial charge in [0.1, 0.15) is 11.4 Å². The number of nitrogens with two attached hydrogens (primary N) is 1. The summed E-state index contributed by atoms with van der Waals surface area (Å²) in [6.45, 7) is 0.137. The molecule has 0 saturated heterocycles. The molecule has 4 nitrogen and oxygen atoms in total. The number of nitrogens with zero attached hydrogens (tertiary/aromatic N) is 2. The van der Waals surface area contributed by atoms with Gasteiger partial charge in [-0.25, -0.2) is 9.97 Å². The Bertz CT molecular complexity index is 475. The van der Waals surface area contributed by atoms with Gasteiger partial charge in [0.25, 0.3) is 0 Å². The van der Waals surface area contributed by atoms with Crippen molar-refractivity contribution in [3.8, 4) is 0 Å². The molecule has 15 heavy (non-hydrogen) atoms. The molecule has 0 fully saturated rings. The fourth-order valence-electron chi connectivity index (χ4n) is 1.31. The molecule has 0 amide bonds. The molecule has 1 heterocycles. The van der Waals surface area contributed by atoms with Crippen LogP contribution < -0.4 is 5.73 Å². The Morgan fingerprint density at radius 2 is 2.20 bits per heavy atom. The molecule has 1 aromatic carbocycles. The molecule has 0 saturated carbocycles. The van der Waals surface area contributed by atoms with Crippen LogP contribution in [0.2, 0.25) is 0 Å². The van der Waals surface area contributed by atoms with Gasteiger partial charge < -0.3 is 10.8 Å². The minimum atomic E-state index is 0.137. The molecule has 2 aromatic rings. The van der Waals surface area contributed by atoms with E-state index >= 15 is 0 Å². The first-order valence-electron chi connectivity index (χ1n) is 4.55. The van der Waals surface area contributed by atoms with E-state index in [1.54, 1.807) is 0 Å². The predicted molar refractivity (Wildman–Crippen MR) is 61.8 cm³/mol. The summed E-state index contributed by atoms with van der Waals surface area (Å²) >= 11 is 1.50. The number of anilines is 1. The molecule has 0 spiro atoms. The molecular weight excluding hydrogens is 210 g/mol. The molecule has 3 N–H and O–H groups in total. The monoisotopic (exact) mass is 221 g/mol. The fraction of sp³-hybridized carbons (Fsp3) is 0.200. The Kier molecular flexibility index (Phi) is 3.03. The highest BCUT2D eigenvalue weighted by Gasteiger charge is 2.03. The zero-order chi connectivity index (χ0) is 10.7. The van der Waals surface area contributed by atoms with Gasteiger partial charge in [0, 0.05) is 16.8 Å². The lowest BCUT2D eigenvalue weighted by Crippen LogP contribution is -1.92. The summed E-state index contributed by atoms with van der Waals surface area (Å²) in [5, 5.41) is 10.6. The van der Waals surface area contributed by atoms with Crippen molar-refractivity contribution >= 4 is 28.4 Å². The van der Waals surface area contributed by atoms with Crippen LogP contribution in [0.5, 0.6) is 0 Å². The van der Waals surface area contributed by atoms with E-state index in [1.807, 2.05) is 18.2 Å². The largest absolute Gasteiger partial charge is 0.399 e. The Balaban J connectivity index is 2.48. The first-order valence-corrected chi connectivity index (χ1v) is 5.53. The summed E-state index contributed by atoms with van der Waals surface area (Å²) < 4.78 is 0. The Hall–Kier alpha value is -1.33. The highest BCUT2D eigenvalue weighted by Crippen LogP contribution is 2.25. The molecule has 0 aliphatic heterocycles. The third-order valence-electron chi connectivity index (χ3n) is 1.95. The summed E-state index contributed by atoms with van der Waals surface area (Å²) in [5.41, 5.74) is 7.28. The van der Waals surface area contributed by atoms with Gasteiger partial charge in [0.15, 0.2) is 0 Å². The van der Waals surface area contributed by atoms with E-state index in [-0.39, 0.29) is 6.61 Å². The fourth-order valence-corrected chi connectivity index (χ4v) is 2.03. The van der Waals surface area contributed by atoms with E-state index in [0.29, 0.717) is 11.4 Å². The summed E-state index contributed by atoms with van der Waals surface area (Å²) in [4.78, 5) is 8.32. The molecule has 5 heteroatoms. The SMILES string of the molecule is Nc1ccc2ncnc(SCCO)c2c1. The Morgan fingerprint density at radius 3 is 3.00 bits per heavy atom. The lowest BCUT2D eigenvalue weighted by atomic mass is 10.2. The van der Waals surface area contributed by atoms with Crippen LogP contribution >= 0.6 is 11.8 Å². The second-order valence-electron chi connectivity index (χ2n) is 3.03. The van der Waals surface area contributed by atoms with Crippen LogP contribution in [0.3, 0.4) is 0 Å². The second-order valence-corrected chi connectivity index (χ2v) is 4.11. The average Bonchev–Trinajstić information content (AvgIpc) is 2.26. The van der Waals surface area contributed by atoms with Gasteiger partial charge in [-0.15, -0.1) is 11.8 Å². The van der Waals surface area contributed by atoms with Crippen molar-refractivity contribution in [1.82, 2.24) is 9.97 Å². The van der Waals surface area contributed by atoms with Crippen LogP contribution in [0.4, 0.5) is 5.69 Å². The molecule has 0 aliphatic carbocycles. The van der Waals surface area contributed by atoms with Crippen molar-refractivity contribution < 1.29 is 5.11 Å². The Labute approximate surface area is 91.5 Å². The van der Waals surface area contributed by atoms with Crippen molar-refractivity contribution in [3.63, 3.8) is 0 Å². The minimum Gasteiger partial charge on any atom is -0.399 e. The van der Waals surface area contributed by atoms with Crippen molar-refractivity contribution in [2.24, 2.45) is 0 Å². The third kappa shape index (κ3) is 2.19. The summed E-state index contributed by atoms with van der Waals surface area (Å²) in [6, 6.07) is 5.54. The zero-order valence-corrected chi connectivity index (χ0v) is 8.87. The lowest BCUT2D eigenvalue weighted by molar-refractivity contribution is 0.322. The van der Waals surface area contributed by atoms with Gasteiger partial charge in [-0.1, -0.05) is 0 Å². The van der Waals surface area contributed by atoms with E-state index in [0.717, 1.165) is 15.9 Å². The quantitative estimate of drug-likeness (QED) is 0.464. The number of thioether (sulfide) groups is 1. The molecule has 1 aromatic heterocycles. The number of benzene rings is 1. The number of aliphatic hydroxyl groups excluding tert-OH is 1. The number of hydrogen-bond acceptors (Lipinski definition) is 5. The van der Waals surface area contributed by atoms with Crippen LogP contribution in [0.1, 0.15) is 0 Å². The van der Waals surface area contributed by atoms with Crippen molar-refractivity contribution in [2.75, 3.05) is 18.1 Å². The average molecular weight is 221 g/mol. The molecule has 0 unspecified atom stereocenters. The van der Waals surface area contributed by atoms with Crippen molar-refractivity contribution in [3.05, 3.63) is 24.5 Å². The molecule has 2 rings (SSSR count). The molecule has 0 aliphatic rings. The molecule has 0 atom stereocenters. The first kappa shape index (κ1) is 10.2. The highest BCUT2D eigenvalue weighted by atomic mass is 32.2. The Morgan fingerprint density at radius 1 is 1.33 bits per heavy atom.